The van der Waals surface area contributed by atoms with Gasteiger partial charge in [-0.1, -0.05) is 18.2 Å². The number of pyridine rings is 1. The van der Waals surface area contributed by atoms with Gasteiger partial charge < -0.3 is 14.5 Å². The van der Waals surface area contributed by atoms with E-state index in [0.29, 0.717) is 34.3 Å². The number of fused-ring (bicyclic) bond motifs is 1. The van der Waals surface area contributed by atoms with Crippen LogP contribution >= 0.6 is 11.8 Å². The maximum absolute atomic E-state index is 13.0. The van der Waals surface area contributed by atoms with Gasteiger partial charge in [-0.05, 0) is 42.7 Å². The number of furan rings is 1. The van der Waals surface area contributed by atoms with Gasteiger partial charge in [0.25, 0.3) is 5.91 Å². The normalized spacial score (nSPS) is 11.9. The second-order valence-electron chi connectivity index (χ2n) is 5.88. The van der Waals surface area contributed by atoms with Gasteiger partial charge in [0.2, 0.25) is 0 Å². The first-order valence-corrected chi connectivity index (χ1v) is 9.84. The molecule has 0 radical (unpaired) electrons. The predicted octanol–water partition coefficient (Wildman–Crippen LogP) is 3.52. The molecule has 0 aliphatic heterocycles. The van der Waals surface area contributed by atoms with Crippen molar-refractivity contribution < 1.29 is 18.7 Å². The number of thioether (sulfide) groups is 1. The van der Waals surface area contributed by atoms with Crippen LogP contribution in [0.15, 0.2) is 53.1 Å². The maximum Gasteiger partial charge on any atom is 0.328 e. The molecule has 3 aromatic rings. The SMILES string of the molecule is COC(=O)C(CCSC)NC(=O)c1cc(-c2ccco2)nc2ccccc12. The van der Waals surface area contributed by atoms with Crippen LogP contribution in [0.2, 0.25) is 0 Å². The number of esters is 1. The third-order valence-corrected chi connectivity index (χ3v) is 4.78. The molecule has 7 heteroatoms. The Morgan fingerprint density at radius 3 is 2.78 bits per heavy atom. The Morgan fingerprint density at radius 1 is 1.26 bits per heavy atom. The van der Waals surface area contributed by atoms with Gasteiger partial charge in [-0.3, -0.25) is 4.79 Å². The Bertz CT molecular complexity index is 940. The summed E-state index contributed by atoms with van der Waals surface area (Å²) in [4.78, 5) is 29.6. The molecule has 3 rings (SSSR count). The maximum atomic E-state index is 13.0. The first-order chi connectivity index (χ1) is 13.1. The van der Waals surface area contributed by atoms with Crippen molar-refractivity contribution in [1.29, 1.82) is 0 Å². The van der Waals surface area contributed by atoms with Gasteiger partial charge in [-0.2, -0.15) is 11.8 Å². The molecule has 1 unspecified atom stereocenters. The van der Waals surface area contributed by atoms with Crippen LogP contribution in [0.3, 0.4) is 0 Å². The van der Waals surface area contributed by atoms with Gasteiger partial charge in [0.15, 0.2) is 5.76 Å². The molecule has 2 aromatic heterocycles. The highest BCUT2D eigenvalue weighted by atomic mass is 32.2. The zero-order chi connectivity index (χ0) is 19.2. The molecule has 0 fully saturated rings. The standard InChI is InChI=1S/C20H20N2O4S/c1-25-20(24)16(9-11-27-2)22-19(23)14-12-17(18-8-5-10-26-18)21-15-7-4-3-6-13(14)15/h3-8,10,12,16H,9,11H2,1-2H3,(H,22,23). The summed E-state index contributed by atoms with van der Waals surface area (Å²) in [6.07, 6.45) is 4.00. The van der Waals surface area contributed by atoms with Crippen molar-refractivity contribution in [2.24, 2.45) is 0 Å². The topological polar surface area (TPSA) is 81.4 Å². The molecule has 27 heavy (non-hydrogen) atoms. The van der Waals surface area contributed by atoms with Gasteiger partial charge in [-0.25, -0.2) is 9.78 Å². The summed E-state index contributed by atoms with van der Waals surface area (Å²) in [6, 6.07) is 11.9. The van der Waals surface area contributed by atoms with Crippen molar-refractivity contribution in [3.05, 3.63) is 54.3 Å². The minimum atomic E-state index is -0.700. The van der Waals surface area contributed by atoms with Crippen molar-refractivity contribution in [2.45, 2.75) is 12.5 Å². The molecule has 0 aliphatic rings. The van der Waals surface area contributed by atoms with Gasteiger partial charge in [0, 0.05) is 5.39 Å². The number of amides is 1. The van der Waals surface area contributed by atoms with E-state index >= 15 is 0 Å². The van der Waals surface area contributed by atoms with Gasteiger partial charge >= 0.3 is 5.97 Å². The van der Waals surface area contributed by atoms with Crippen LogP contribution in [0.5, 0.6) is 0 Å². The second kappa shape index (κ2) is 8.73. The van der Waals surface area contributed by atoms with E-state index < -0.39 is 12.0 Å². The van der Waals surface area contributed by atoms with Crippen LogP contribution < -0.4 is 5.32 Å². The van der Waals surface area contributed by atoms with Crippen LogP contribution in [-0.2, 0) is 9.53 Å². The molecule has 0 saturated carbocycles. The number of nitrogens with one attached hydrogen (secondary N) is 1. The second-order valence-corrected chi connectivity index (χ2v) is 6.87. The van der Waals surface area contributed by atoms with Crippen molar-refractivity contribution in [3.8, 4) is 11.5 Å². The number of nitrogens with zero attached hydrogens (tertiary/aromatic N) is 1. The number of aromatic nitrogens is 1. The Labute approximate surface area is 161 Å². The van der Waals surface area contributed by atoms with E-state index in [0.717, 1.165) is 5.75 Å². The molecule has 1 aromatic carbocycles. The summed E-state index contributed by atoms with van der Waals surface area (Å²) in [5, 5.41) is 3.51. The Morgan fingerprint density at radius 2 is 2.07 bits per heavy atom. The highest BCUT2D eigenvalue weighted by molar-refractivity contribution is 7.98. The molecule has 140 valence electrons. The van der Waals surface area contributed by atoms with Gasteiger partial charge in [-0.15, -0.1) is 0 Å². The van der Waals surface area contributed by atoms with Crippen LogP contribution in [0.25, 0.3) is 22.4 Å². The molecule has 6 nitrogen and oxygen atoms in total. The minimum Gasteiger partial charge on any atom is -0.467 e. The summed E-state index contributed by atoms with van der Waals surface area (Å²) >= 11 is 1.60. The zero-order valence-corrected chi connectivity index (χ0v) is 15.9. The van der Waals surface area contributed by atoms with E-state index in [1.807, 2.05) is 30.5 Å². The molecule has 0 aliphatic carbocycles. The first kappa shape index (κ1) is 19.0. The monoisotopic (exact) mass is 384 g/mol. The molecule has 2 heterocycles. The van der Waals surface area contributed by atoms with Gasteiger partial charge in [0.05, 0.1) is 24.5 Å². The minimum absolute atomic E-state index is 0.349. The summed E-state index contributed by atoms with van der Waals surface area (Å²) in [5.74, 6) is 0.496. The quantitative estimate of drug-likeness (QED) is 0.628. The Kier molecular flexibility index (Phi) is 6.13. The van der Waals surface area contributed by atoms with E-state index in [-0.39, 0.29) is 5.91 Å². The molecule has 0 bridgehead atoms. The highest BCUT2D eigenvalue weighted by Gasteiger charge is 2.23. The summed E-state index contributed by atoms with van der Waals surface area (Å²) in [5.41, 5.74) is 1.67. The highest BCUT2D eigenvalue weighted by Crippen LogP contribution is 2.25. The fraction of sp³-hybridized carbons (Fsp3) is 0.250. The number of carbonyl (C=O) groups excluding carboxylic acids is 2. The van der Waals surface area contributed by atoms with E-state index in [9.17, 15) is 9.59 Å². The number of ether oxygens (including phenoxy) is 1. The van der Waals surface area contributed by atoms with Crippen LogP contribution in [0.4, 0.5) is 0 Å². The summed E-state index contributed by atoms with van der Waals surface area (Å²) < 4.78 is 10.2. The molecule has 0 spiro atoms. The third-order valence-electron chi connectivity index (χ3n) is 4.14. The lowest BCUT2D eigenvalue weighted by atomic mass is 10.1. The van der Waals surface area contributed by atoms with Crippen LogP contribution in [-0.4, -0.2) is 42.0 Å². The fourth-order valence-corrected chi connectivity index (χ4v) is 3.25. The van der Waals surface area contributed by atoms with E-state index in [4.69, 9.17) is 9.15 Å². The lowest BCUT2D eigenvalue weighted by molar-refractivity contribution is -0.142. The molecular formula is C20H20N2O4S. The number of benzene rings is 1. The average Bonchev–Trinajstić information content (AvgIpc) is 3.24. The first-order valence-electron chi connectivity index (χ1n) is 8.45. The number of para-hydroxylation sites is 1. The lowest BCUT2D eigenvalue weighted by Gasteiger charge is -2.17. The number of methoxy groups -OCH3 is 1. The molecule has 1 amide bonds. The van der Waals surface area contributed by atoms with E-state index in [2.05, 4.69) is 10.3 Å². The van der Waals surface area contributed by atoms with Gasteiger partial charge in [0.1, 0.15) is 11.7 Å². The largest absolute Gasteiger partial charge is 0.467 e. The van der Waals surface area contributed by atoms with Crippen molar-refractivity contribution >= 4 is 34.5 Å². The summed E-state index contributed by atoms with van der Waals surface area (Å²) in [6.45, 7) is 0. The van der Waals surface area contributed by atoms with Crippen molar-refractivity contribution in [2.75, 3.05) is 19.1 Å². The number of carbonyl (C=O) groups is 2. The molecule has 1 atom stereocenters. The summed E-state index contributed by atoms with van der Waals surface area (Å²) in [7, 11) is 1.32. The lowest BCUT2D eigenvalue weighted by Crippen LogP contribution is -2.42. The van der Waals surface area contributed by atoms with Crippen LogP contribution in [0.1, 0.15) is 16.8 Å². The number of hydrogen-bond donors (Lipinski definition) is 1. The molecular weight excluding hydrogens is 364 g/mol. The molecule has 1 N–H and O–H groups in total. The average molecular weight is 384 g/mol. The zero-order valence-electron chi connectivity index (χ0n) is 15.1. The third kappa shape index (κ3) is 4.31. The fourth-order valence-electron chi connectivity index (χ4n) is 2.78. The Balaban J connectivity index is 1.98. The molecule has 0 saturated heterocycles. The van der Waals surface area contributed by atoms with Crippen molar-refractivity contribution in [3.63, 3.8) is 0 Å². The number of rotatable bonds is 7. The smallest absolute Gasteiger partial charge is 0.328 e. The number of hydrogen-bond acceptors (Lipinski definition) is 6. The van der Waals surface area contributed by atoms with E-state index in [1.54, 1.807) is 36.2 Å². The Hall–Kier alpha value is -2.80. The van der Waals surface area contributed by atoms with Crippen molar-refractivity contribution in [1.82, 2.24) is 10.3 Å². The van der Waals surface area contributed by atoms with Crippen LogP contribution in [0, 0.1) is 0 Å². The van der Waals surface area contributed by atoms with E-state index in [1.165, 1.54) is 7.11 Å². The predicted molar refractivity (Wildman–Crippen MR) is 106 cm³/mol.